The zero-order valence-electron chi connectivity index (χ0n) is 10.1. The quantitative estimate of drug-likeness (QED) is 0.773. The molecule has 92 valence electrons. The van der Waals surface area contributed by atoms with Crippen LogP contribution in [0.1, 0.15) is 26.2 Å². The number of fused-ring (bicyclic) bond motifs is 1. The molecule has 2 aliphatic heterocycles. The van der Waals surface area contributed by atoms with Crippen molar-refractivity contribution >= 4 is 5.97 Å². The Balaban J connectivity index is 1.84. The number of carboxylic acids is 1. The minimum Gasteiger partial charge on any atom is -0.481 e. The second kappa shape index (κ2) is 5.15. The van der Waals surface area contributed by atoms with E-state index in [4.69, 9.17) is 5.11 Å². The van der Waals surface area contributed by atoms with Gasteiger partial charge in [0.15, 0.2) is 0 Å². The van der Waals surface area contributed by atoms with E-state index in [-0.39, 0.29) is 5.92 Å². The Morgan fingerprint density at radius 2 is 2.25 bits per heavy atom. The SMILES string of the molecule is CCC(CN1CCN2CCCC2C1)C(=O)O. The Morgan fingerprint density at radius 1 is 1.44 bits per heavy atom. The molecule has 2 heterocycles. The molecule has 2 rings (SSSR count). The standard InChI is InChI=1S/C12H22N2O2/c1-2-10(12(15)16)8-13-6-7-14-5-3-4-11(14)9-13/h10-11H,2-9H2,1H3,(H,15,16). The Bertz CT molecular complexity index is 257. The molecule has 0 saturated carbocycles. The number of hydrogen-bond acceptors (Lipinski definition) is 3. The van der Waals surface area contributed by atoms with Crippen molar-refractivity contribution in [1.29, 1.82) is 0 Å². The summed E-state index contributed by atoms with van der Waals surface area (Å²) in [6.07, 6.45) is 3.34. The maximum atomic E-state index is 11.0. The maximum Gasteiger partial charge on any atom is 0.307 e. The number of rotatable bonds is 4. The van der Waals surface area contributed by atoms with Crippen molar-refractivity contribution in [2.24, 2.45) is 5.92 Å². The summed E-state index contributed by atoms with van der Waals surface area (Å²) in [5.74, 6) is -0.829. The van der Waals surface area contributed by atoms with Crippen LogP contribution in [0.25, 0.3) is 0 Å². The summed E-state index contributed by atoms with van der Waals surface area (Å²) in [5.41, 5.74) is 0. The van der Waals surface area contributed by atoms with Crippen LogP contribution < -0.4 is 0 Å². The molecule has 0 amide bonds. The van der Waals surface area contributed by atoms with Gasteiger partial charge in [-0.25, -0.2) is 0 Å². The fourth-order valence-corrected chi connectivity index (χ4v) is 2.91. The summed E-state index contributed by atoms with van der Waals surface area (Å²) in [5, 5.41) is 9.05. The van der Waals surface area contributed by atoms with Crippen LogP contribution in [-0.2, 0) is 4.79 Å². The second-order valence-electron chi connectivity index (χ2n) is 5.04. The van der Waals surface area contributed by atoms with Gasteiger partial charge in [-0.05, 0) is 25.8 Å². The van der Waals surface area contributed by atoms with Gasteiger partial charge in [0.25, 0.3) is 0 Å². The topological polar surface area (TPSA) is 43.8 Å². The van der Waals surface area contributed by atoms with Crippen LogP contribution in [0, 0.1) is 5.92 Å². The number of piperazine rings is 1. The molecule has 16 heavy (non-hydrogen) atoms. The van der Waals surface area contributed by atoms with Crippen LogP contribution in [0.4, 0.5) is 0 Å². The highest BCUT2D eigenvalue weighted by Crippen LogP contribution is 2.22. The molecular weight excluding hydrogens is 204 g/mol. The molecule has 0 radical (unpaired) electrons. The number of nitrogens with zero attached hydrogens (tertiary/aromatic N) is 2. The maximum absolute atomic E-state index is 11.0. The average Bonchev–Trinajstić information content (AvgIpc) is 2.72. The van der Waals surface area contributed by atoms with Crippen molar-refractivity contribution in [1.82, 2.24) is 9.80 Å². The van der Waals surface area contributed by atoms with E-state index in [2.05, 4.69) is 9.80 Å². The van der Waals surface area contributed by atoms with Gasteiger partial charge in [0.2, 0.25) is 0 Å². The second-order valence-corrected chi connectivity index (χ2v) is 5.04. The third kappa shape index (κ3) is 2.55. The lowest BCUT2D eigenvalue weighted by molar-refractivity contribution is -0.142. The molecular formula is C12H22N2O2. The van der Waals surface area contributed by atoms with E-state index >= 15 is 0 Å². The minimum atomic E-state index is -0.642. The molecule has 2 unspecified atom stereocenters. The van der Waals surface area contributed by atoms with E-state index in [1.165, 1.54) is 19.4 Å². The zero-order chi connectivity index (χ0) is 11.5. The van der Waals surface area contributed by atoms with Gasteiger partial charge in [0.05, 0.1) is 5.92 Å². The van der Waals surface area contributed by atoms with E-state index < -0.39 is 5.97 Å². The van der Waals surface area contributed by atoms with E-state index in [0.29, 0.717) is 6.04 Å². The highest BCUT2D eigenvalue weighted by Gasteiger charge is 2.31. The summed E-state index contributed by atoms with van der Waals surface area (Å²) in [6.45, 7) is 7.18. The van der Waals surface area contributed by atoms with E-state index in [9.17, 15) is 4.79 Å². The van der Waals surface area contributed by atoms with E-state index in [1.807, 2.05) is 6.92 Å². The molecule has 4 heteroatoms. The fourth-order valence-electron chi connectivity index (χ4n) is 2.91. The van der Waals surface area contributed by atoms with Crippen molar-refractivity contribution in [2.75, 3.05) is 32.7 Å². The molecule has 0 aromatic heterocycles. The van der Waals surface area contributed by atoms with Gasteiger partial charge >= 0.3 is 5.97 Å². The summed E-state index contributed by atoms with van der Waals surface area (Å²) in [4.78, 5) is 15.9. The summed E-state index contributed by atoms with van der Waals surface area (Å²) in [6, 6.07) is 0.694. The zero-order valence-corrected chi connectivity index (χ0v) is 10.1. The van der Waals surface area contributed by atoms with Crippen LogP contribution in [0.3, 0.4) is 0 Å². The Morgan fingerprint density at radius 3 is 2.94 bits per heavy atom. The molecule has 2 aliphatic rings. The Labute approximate surface area is 97.2 Å². The first-order chi connectivity index (χ1) is 7.70. The fraction of sp³-hybridized carbons (Fsp3) is 0.917. The van der Waals surface area contributed by atoms with Crippen molar-refractivity contribution in [3.63, 3.8) is 0 Å². The lowest BCUT2D eigenvalue weighted by Gasteiger charge is -2.38. The molecule has 0 aromatic rings. The van der Waals surface area contributed by atoms with Gasteiger partial charge in [-0.15, -0.1) is 0 Å². The predicted molar refractivity (Wildman–Crippen MR) is 62.5 cm³/mol. The Hall–Kier alpha value is -0.610. The molecule has 0 aromatic carbocycles. The van der Waals surface area contributed by atoms with Gasteiger partial charge in [-0.2, -0.15) is 0 Å². The first-order valence-corrected chi connectivity index (χ1v) is 6.40. The van der Waals surface area contributed by atoms with Crippen LogP contribution in [0.15, 0.2) is 0 Å². The largest absolute Gasteiger partial charge is 0.481 e. The smallest absolute Gasteiger partial charge is 0.307 e. The summed E-state index contributed by atoms with van der Waals surface area (Å²) < 4.78 is 0. The van der Waals surface area contributed by atoms with Crippen molar-refractivity contribution < 1.29 is 9.90 Å². The molecule has 0 bridgehead atoms. The highest BCUT2D eigenvalue weighted by molar-refractivity contribution is 5.70. The molecule has 1 N–H and O–H groups in total. The van der Waals surface area contributed by atoms with Crippen LogP contribution in [0.5, 0.6) is 0 Å². The number of aliphatic carboxylic acids is 1. The minimum absolute atomic E-state index is 0.187. The molecule has 0 spiro atoms. The van der Waals surface area contributed by atoms with Crippen molar-refractivity contribution in [3.05, 3.63) is 0 Å². The molecule has 4 nitrogen and oxygen atoms in total. The molecule has 2 saturated heterocycles. The Kier molecular flexibility index (Phi) is 3.82. The summed E-state index contributed by atoms with van der Waals surface area (Å²) >= 11 is 0. The van der Waals surface area contributed by atoms with E-state index in [0.717, 1.165) is 32.6 Å². The lowest BCUT2D eigenvalue weighted by Crippen LogP contribution is -2.51. The number of carboxylic acid groups (broad SMARTS) is 1. The van der Waals surface area contributed by atoms with Gasteiger partial charge in [-0.3, -0.25) is 14.6 Å². The number of hydrogen-bond donors (Lipinski definition) is 1. The van der Waals surface area contributed by atoms with Crippen LogP contribution in [-0.4, -0.2) is 59.6 Å². The predicted octanol–water partition coefficient (Wildman–Crippen LogP) is 0.877. The molecule has 2 atom stereocenters. The first kappa shape index (κ1) is 11.9. The average molecular weight is 226 g/mol. The highest BCUT2D eigenvalue weighted by atomic mass is 16.4. The van der Waals surface area contributed by atoms with Crippen LogP contribution in [0.2, 0.25) is 0 Å². The van der Waals surface area contributed by atoms with Crippen LogP contribution >= 0.6 is 0 Å². The van der Waals surface area contributed by atoms with Gasteiger partial charge in [-0.1, -0.05) is 6.92 Å². The van der Waals surface area contributed by atoms with Crippen molar-refractivity contribution in [3.8, 4) is 0 Å². The third-order valence-electron chi connectivity index (χ3n) is 3.99. The van der Waals surface area contributed by atoms with E-state index in [1.54, 1.807) is 0 Å². The van der Waals surface area contributed by atoms with Gasteiger partial charge < -0.3 is 5.11 Å². The summed E-state index contributed by atoms with van der Waals surface area (Å²) in [7, 11) is 0. The number of carbonyl (C=O) groups is 1. The molecule has 2 fully saturated rings. The lowest BCUT2D eigenvalue weighted by atomic mass is 10.0. The first-order valence-electron chi connectivity index (χ1n) is 6.40. The van der Waals surface area contributed by atoms with Gasteiger partial charge in [0, 0.05) is 32.2 Å². The normalized spacial score (nSPS) is 28.9. The molecule has 0 aliphatic carbocycles. The third-order valence-corrected chi connectivity index (χ3v) is 3.99. The van der Waals surface area contributed by atoms with Gasteiger partial charge in [0.1, 0.15) is 0 Å². The monoisotopic (exact) mass is 226 g/mol. The van der Waals surface area contributed by atoms with Crippen molar-refractivity contribution in [2.45, 2.75) is 32.2 Å².